The van der Waals surface area contributed by atoms with Gasteiger partial charge in [-0.05, 0) is 51.0 Å². The predicted molar refractivity (Wildman–Crippen MR) is 73.8 cm³/mol. The Balaban J connectivity index is 3.07. The van der Waals surface area contributed by atoms with Crippen molar-refractivity contribution in [1.82, 2.24) is 0 Å². The number of benzene rings is 1. The number of Topliss-reactive ketones (excluding diaryl/α,β-unsaturated/α-hetero) is 1. The van der Waals surface area contributed by atoms with E-state index < -0.39 is 6.29 Å². The fraction of sp³-hybridized carbons (Fsp3) is 0.533. The second-order valence-corrected chi connectivity index (χ2v) is 4.24. The molecule has 0 saturated heterocycles. The Bertz CT molecular complexity index is 434. The molecule has 0 N–H and O–H groups in total. The van der Waals surface area contributed by atoms with Gasteiger partial charge in [0.2, 0.25) is 12.1 Å². The van der Waals surface area contributed by atoms with Crippen molar-refractivity contribution < 1.29 is 19.0 Å². The van der Waals surface area contributed by atoms with Crippen molar-refractivity contribution in [3.8, 4) is 5.75 Å². The van der Waals surface area contributed by atoms with Gasteiger partial charge >= 0.3 is 0 Å². The van der Waals surface area contributed by atoms with Crippen LogP contribution in [0, 0.1) is 13.8 Å². The smallest absolute Gasteiger partial charge is 0.222 e. The van der Waals surface area contributed by atoms with Crippen LogP contribution in [0.4, 0.5) is 0 Å². The summed E-state index contributed by atoms with van der Waals surface area (Å²) in [6.45, 7) is 8.33. The molecule has 0 saturated carbocycles. The van der Waals surface area contributed by atoms with Crippen LogP contribution in [0.1, 0.15) is 35.3 Å². The molecule has 0 bridgehead atoms. The minimum Gasteiger partial charge on any atom is -0.496 e. The summed E-state index contributed by atoms with van der Waals surface area (Å²) in [4.78, 5) is 12.4. The molecule has 0 atom stereocenters. The van der Waals surface area contributed by atoms with Crippen LogP contribution in [0.15, 0.2) is 12.1 Å². The fourth-order valence-electron chi connectivity index (χ4n) is 1.90. The molecule has 1 aromatic carbocycles. The van der Waals surface area contributed by atoms with E-state index in [1.807, 2.05) is 39.8 Å². The third kappa shape index (κ3) is 3.78. The molecule has 106 valence electrons. The topological polar surface area (TPSA) is 44.8 Å². The SMILES string of the molecule is CCOC(OCC)C(=O)c1cc(C)c(OC)cc1C. The average Bonchev–Trinajstić information content (AvgIpc) is 2.40. The number of aryl methyl sites for hydroxylation is 2. The monoisotopic (exact) mass is 266 g/mol. The van der Waals surface area contributed by atoms with Gasteiger partial charge in [-0.2, -0.15) is 0 Å². The summed E-state index contributed by atoms with van der Waals surface area (Å²) in [5.41, 5.74) is 2.39. The van der Waals surface area contributed by atoms with Crippen LogP contribution >= 0.6 is 0 Å². The molecule has 0 fully saturated rings. The third-order valence-electron chi connectivity index (χ3n) is 2.86. The van der Waals surface area contributed by atoms with Crippen molar-refractivity contribution in [1.29, 1.82) is 0 Å². The van der Waals surface area contributed by atoms with Gasteiger partial charge in [0.25, 0.3) is 0 Å². The van der Waals surface area contributed by atoms with E-state index in [2.05, 4.69) is 0 Å². The summed E-state index contributed by atoms with van der Waals surface area (Å²) in [5, 5.41) is 0. The maximum Gasteiger partial charge on any atom is 0.222 e. The first-order chi connectivity index (χ1) is 9.04. The van der Waals surface area contributed by atoms with Crippen LogP contribution in [-0.2, 0) is 9.47 Å². The van der Waals surface area contributed by atoms with E-state index in [4.69, 9.17) is 14.2 Å². The average molecular weight is 266 g/mol. The quantitative estimate of drug-likeness (QED) is 0.562. The highest BCUT2D eigenvalue weighted by Crippen LogP contribution is 2.24. The van der Waals surface area contributed by atoms with Gasteiger partial charge in [0, 0.05) is 18.8 Å². The standard InChI is InChI=1S/C15H22O4/c1-6-18-15(19-7-2)14(16)12-8-11(4)13(17-5)9-10(12)3/h8-9,15H,6-7H2,1-5H3. The van der Waals surface area contributed by atoms with Crippen molar-refractivity contribution >= 4 is 5.78 Å². The molecule has 19 heavy (non-hydrogen) atoms. The summed E-state index contributed by atoms with van der Waals surface area (Å²) < 4.78 is 15.9. The zero-order chi connectivity index (χ0) is 14.4. The summed E-state index contributed by atoms with van der Waals surface area (Å²) >= 11 is 0. The number of carbonyl (C=O) groups excluding carboxylic acids is 1. The Hall–Kier alpha value is -1.39. The van der Waals surface area contributed by atoms with E-state index in [0.29, 0.717) is 18.8 Å². The molecule has 1 rings (SSSR count). The molecule has 0 aliphatic carbocycles. The maximum atomic E-state index is 12.4. The highest BCUT2D eigenvalue weighted by atomic mass is 16.7. The number of hydrogen-bond acceptors (Lipinski definition) is 4. The lowest BCUT2D eigenvalue weighted by Gasteiger charge is -2.17. The number of carbonyl (C=O) groups is 1. The van der Waals surface area contributed by atoms with Crippen LogP contribution in [0.25, 0.3) is 0 Å². The number of ether oxygens (including phenoxy) is 3. The number of methoxy groups -OCH3 is 1. The lowest BCUT2D eigenvalue weighted by Crippen LogP contribution is -2.28. The van der Waals surface area contributed by atoms with E-state index in [0.717, 1.165) is 16.9 Å². The van der Waals surface area contributed by atoms with E-state index in [1.165, 1.54) is 0 Å². The Morgan fingerprint density at radius 1 is 1.11 bits per heavy atom. The van der Waals surface area contributed by atoms with Gasteiger partial charge in [-0.25, -0.2) is 0 Å². The van der Waals surface area contributed by atoms with Crippen molar-refractivity contribution in [2.45, 2.75) is 34.0 Å². The molecule has 0 radical (unpaired) electrons. The summed E-state index contributed by atoms with van der Waals surface area (Å²) in [6.07, 6.45) is -0.832. The normalized spacial score (nSPS) is 10.8. The van der Waals surface area contributed by atoms with Gasteiger partial charge in [-0.15, -0.1) is 0 Å². The minimum absolute atomic E-state index is 0.146. The van der Waals surface area contributed by atoms with Crippen LogP contribution in [0.5, 0.6) is 5.75 Å². The van der Waals surface area contributed by atoms with Crippen molar-refractivity contribution in [2.75, 3.05) is 20.3 Å². The van der Waals surface area contributed by atoms with Gasteiger partial charge in [0.1, 0.15) is 5.75 Å². The van der Waals surface area contributed by atoms with Crippen LogP contribution in [0.2, 0.25) is 0 Å². The first-order valence-corrected chi connectivity index (χ1v) is 6.47. The van der Waals surface area contributed by atoms with E-state index in [9.17, 15) is 4.79 Å². The number of rotatable bonds is 7. The molecule has 0 aliphatic heterocycles. The summed E-state index contributed by atoms with van der Waals surface area (Å²) in [5.74, 6) is 0.630. The molecule has 0 aliphatic rings. The largest absolute Gasteiger partial charge is 0.496 e. The minimum atomic E-state index is -0.832. The Morgan fingerprint density at radius 3 is 2.16 bits per heavy atom. The second kappa shape index (κ2) is 7.26. The molecule has 4 nitrogen and oxygen atoms in total. The molecule has 1 aromatic rings. The van der Waals surface area contributed by atoms with Gasteiger partial charge in [-0.1, -0.05) is 0 Å². The number of hydrogen-bond donors (Lipinski definition) is 0. The van der Waals surface area contributed by atoms with Crippen molar-refractivity contribution in [3.05, 3.63) is 28.8 Å². The highest BCUT2D eigenvalue weighted by Gasteiger charge is 2.23. The summed E-state index contributed by atoms with van der Waals surface area (Å²) in [7, 11) is 1.62. The van der Waals surface area contributed by atoms with Gasteiger partial charge in [-0.3, -0.25) is 4.79 Å². The van der Waals surface area contributed by atoms with Crippen LogP contribution < -0.4 is 4.74 Å². The van der Waals surface area contributed by atoms with Crippen molar-refractivity contribution in [2.24, 2.45) is 0 Å². The van der Waals surface area contributed by atoms with Gasteiger partial charge in [0.05, 0.1) is 7.11 Å². The van der Waals surface area contributed by atoms with Crippen molar-refractivity contribution in [3.63, 3.8) is 0 Å². The highest BCUT2D eigenvalue weighted by molar-refractivity contribution is 6.00. The molecule has 0 amide bonds. The molecular weight excluding hydrogens is 244 g/mol. The Kier molecular flexibility index (Phi) is 5.99. The van der Waals surface area contributed by atoms with Gasteiger partial charge in [0.15, 0.2) is 0 Å². The molecule has 0 heterocycles. The third-order valence-corrected chi connectivity index (χ3v) is 2.86. The lowest BCUT2D eigenvalue weighted by molar-refractivity contribution is -0.107. The molecule has 0 unspecified atom stereocenters. The predicted octanol–water partition coefficient (Wildman–Crippen LogP) is 2.89. The fourth-order valence-corrected chi connectivity index (χ4v) is 1.90. The maximum absolute atomic E-state index is 12.4. The van der Waals surface area contributed by atoms with Crippen LogP contribution in [0.3, 0.4) is 0 Å². The first-order valence-electron chi connectivity index (χ1n) is 6.47. The zero-order valence-electron chi connectivity index (χ0n) is 12.3. The van der Waals surface area contributed by atoms with E-state index in [1.54, 1.807) is 7.11 Å². The Morgan fingerprint density at radius 2 is 1.68 bits per heavy atom. The van der Waals surface area contributed by atoms with E-state index >= 15 is 0 Å². The van der Waals surface area contributed by atoms with Gasteiger partial charge < -0.3 is 14.2 Å². The summed E-state index contributed by atoms with van der Waals surface area (Å²) in [6, 6.07) is 3.68. The second-order valence-electron chi connectivity index (χ2n) is 4.24. The zero-order valence-corrected chi connectivity index (χ0v) is 12.3. The van der Waals surface area contributed by atoms with E-state index in [-0.39, 0.29) is 5.78 Å². The molecule has 0 aromatic heterocycles. The first kappa shape index (κ1) is 15.7. The Labute approximate surface area is 114 Å². The van der Waals surface area contributed by atoms with Crippen LogP contribution in [-0.4, -0.2) is 32.4 Å². The lowest BCUT2D eigenvalue weighted by atomic mass is 10.0. The molecular formula is C15H22O4. The molecule has 0 spiro atoms. The number of ketones is 1. The molecule has 4 heteroatoms.